The van der Waals surface area contributed by atoms with Gasteiger partial charge in [0.1, 0.15) is 47.8 Å². The molecule has 2 aromatic carbocycles. The number of carbonyl (C=O) groups is 1. The Morgan fingerprint density at radius 1 is 1.22 bits per heavy atom. The maximum Gasteiger partial charge on any atom is 0.459 e. The number of nitrogens with two attached hydrogens (primary N) is 1. The third kappa shape index (κ3) is 7.46. The van der Waals surface area contributed by atoms with Crippen molar-refractivity contribution in [1.29, 1.82) is 0 Å². The lowest BCUT2D eigenvalue weighted by Gasteiger charge is -2.28. The van der Waals surface area contributed by atoms with Gasteiger partial charge in [0.05, 0.1) is 19.2 Å². The number of esters is 1. The van der Waals surface area contributed by atoms with Crippen molar-refractivity contribution in [2.75, 3.05) is 19.5 Å². The van der Waals surface area contributed by atoms with Gasteiger partial charge in [-0.25, -0.2) is 18.3 Å². The number of aliphatic hydroxyl groups is 2. The van der Waals surface area contributed by atoms with Crippen molar-refractivity contribution >= 4 is 64.3 Å². The van der Waals surface area contributed by atoms with Gasteiger partial charge in [0.2, 0.25) is 11.8 Å². The third-order valence-electron chi connectivity index (χ3n) is 7.99. The van der Waals surface area contributed by atoms with Crippen molar-refractivity contribution in [3.63, 3.8) is 0 Å². The molecule has 6 atom stereocenters. The number of methoxy groups -OCH3 is 1. The Kier molecular flexibility index (Phi) is 10.4. The maximum absolute atomic E-state index is 14.4. The van der Waals surface area contributed by atoms with Crippen LogP contribution in [-0.4, -0.2) is 78.3 Å². The quantitative estimate of drug-likeness (QED) is 0.0609. The van der Waals surface area contributed by atoms with Gasteiger partial charge in [-0.3, -0.25) is 18.9 Å². The van der Waals surface area contributed by atoms with Crippen LogP contribution in [0.3, 0.4) is 0 Å². The molecule has 270 valence electrons. The van der Waals surface area contributed by atoms with Crippen LogP contribution in [0, 0.1) is 15.5 Å². The molecule has 0 aliphatic carbocycles. The molecule has 5 aromatic rings. The predicted octanol–water partition coefficient (Wildman–Crippen LogP) is 3.78. The number of aromatic nitrogens is 5. The van der Waals surface area contributed by atoms with Crippen LogP contribution in [0.1, 0.15) is 25.6 Å². The number of halogens is 3. The van der Waals surface area contributed by atoms with E-state index in [9.17, 15) is 28.4 Å². The van der Waals surface area contributed by atoms with Gasteiger partial charge in [-0.1, -0.05) is 6.07 Å². The number of aliphatic hydroxyl groups excluding tert-OH is 1. The second-order valence-corrected chi connectivity index (χ2v) is 14.3. The Morgan fingerprint density at radius 3 is 2.75 bits per heavy atom. The number of fused-ring (bicyclic) bond motifs is 2. The minimum Gasteiger partial charge on any atom is -0.479 e. The molecule has 51 heavy (non-hydrogen) atoms. The summed E-state index contributed by atoms with van der Waals surface area (Å²) in [6.07, 6.45) is -2.70. The fraction of sp³-hybridized carbons (Fsp3) is 0.323. The molecule has 1 fully saturated rings. The summed E-state index contributed by atoms with van der Waals surface area (Å²) < 4.78 is 71.8. The highest BCUT2D eigenvalue weighted by atomic mass is 127. The fourth-order valence-electron chi connectivity index (χ4n) is 5.39. The van der Waals surface area contributed by atoms with Crippen LogP contribution in [0.15, 0.2) is 54.7 Å². The van der Waals surface area contributed by atoms with Gasteiger partial charge in [0, 0.05) is 45.8 Å². The van der Waals surface area contributed by atoms with E-state index in [1.54, 1.807) is 30.5 Å². The monoisotopic (exact) mass is 841 g/mol. The standard InChI is InChI=1S/C31H31F2IN7O9P/c1-15(27(43)47-13-16-9-10-17(32)12-19(16)33)40-51(45,50-21-8-4-7-20-18(21)6-5-11-36-20)48-14-22-24(42)31(2,44)28(49-22)41-25-23(37-29(41)34)26(46-3)39-30(35)38-25/h4-12,15,22,24,28,42,44H,13-14H2,1-3H3,(H,40,45)(H2,35,38,39)/t15?,22-,24-,28-,31-,51?/m1/s1. The zero-order chi connectivity index (χ0) is 36.7. The summed E-state index contributed by atoms with van der Waals surface area (Å²) in [7, 11) is -3.21. The highest BCUT2D eigenvalue weighted by molar-refractivity contribution is 14.1. The number of carbonyl (C=O) groups excluding carboxylic acids is 1. The van der Waals surface area contributed by atoms with Crippen LogP contribution < -0.4 is 20.1 Å². The normalized spacial score (nSPS) is 22.2. The first-order chi connectivity index (χ1) is 24.2. The van der Waals surface area contributed by atoms with E-state index in [2.05, 4.69) is 25.0 Å². The summed E-state index contributed by atoms with van der Waals surface area (Å²) in [4.78, 5) is 29.9. The highest BCUT2D eigenvalue weighted by Crippen LogP contribution is 2.49. The Morgan fingerprint density at radius 2 is 2.00 bits per heavy atom. The molecule has 0 spiro atoms. The van der Waals surface area contributed by atoms with E-state index in [1.165, 1.54) is 31.6 Å². The number of nitrogen functional groups attached to an aromatic ring is 1. The van der Waals surface area contributed by atoms with Crippen molar-refractivity contribution in [1.82, 2.24) is 29.6 Å². The second-order valence-electron chi connectivity index (χ2n) is 11.6. The van der Waals surface area contributed by atoms with Crippen LogP contribution in [0.5, 0.6) is 11.6 Å². The van der Waals surface area contributed by atoms with E-state index in [1.807, 2.05) is 22.6 Å². The summed E-state index contributed by atoms with van der Waals surface area (Å²) in [5.74, 6) is -2.66. The molecule has 6 rings (SSSR count). The van der Waals surface area contributed by atoms with Gasteiger partial charge in [-0.15, -0.1) is 0 Å². The Bertz CT molecular complexity index is 2150. The smallest absolute Gasteiger partial charge is 0.459 e. The predicted molar refractivity (Wildman–Crippen MR) is 184 cm³/mol. The van der Waals surface area contributed by atoms with E-state index in [4.69, 9.17) is 29.0 Å². The Hall–Kier alpha value is -4.11. The first-order valence-electron chi connectivity index (χ1n) is 15.2. The molecule has 2 unspecified atom stereocenters. The first kappa shape index (κ1) is 36.7. The number of hydrogen-bond acceptors (Lipinski definition) is 14. The molecule has 1 aliphatic rings. The fourth-order valence-corrected chi connectivity index (χ4v) is 7.63. The molecule has 20 heteroatoms. The lowest BCUT2D eigenvalue weighted by molar-refractivity contribution is -0.146. The van der Waals surface area contributed by atoms with Gasteiger partial charge < -0.3 is 34.7 Å². The number of benzene rings is 2. The van der Waals surface area contributed by atoms with Gasteiger partial charge in [0.25, 0.3) is 0 Å². The van der Waals surface area contributed by atoms with E-state index < -0.39 is 68.6 Å². The Labute approximate surface area is 302 Å². The van der Waals surface area contributed by atoms with Crippen molar-refractivity contribution in [2.45, 2.75) is 50.5 Å². The molecular formula is C31H31F2IN7O9P. The van der Waals surface area contributed by atoms with Crippen molar-refractivity contribution in [3.8, 4) is 11.6 Å². The van der Waals surface area contributed by atoms with Crippen LogP contribution in [0.4, 0.5) is 14.7 Å². The van der Waals surface area contributed by atoms with Crippen molar-refractivity contribution < 1.29 is 51.6 Å². The molecule has 3 aromatic heterocycles. The zero-order valence-electron chi connectivity index (χ0n) is 27.1. The Balaban J connectivity index is 1.25. The number of rotatable bonds is 12. The zero-order valence-corrected chi connectivity index (χ0v) is 30.1. The highest BCUT2D eigenvalue weighted by Gasteiger charge is 2.55. The van der Waals surface area contributed by atoms with Gasteiger partial charge >= 0.3 is 13.7 Å². The molecule has 0 amide bonds. The third-order valence-corrected chi connectivity index (χ3v) is 10.4. The summed E-state index contributed by atoms with van der Waals surface area (Å²) >= 11 is 1.89. The number of anilines is 1. The molecule has 1 aliphatic heterocycles. The molecule has 4 heterocycles. The first-order valence-corrected chi connectivity index (χ1v) is 17.8. The van der Waals surface area contributed by atoms with Crippen LogP contribution in [-0.2, 0) is 30.0 Å². The number of imidazole rings is 1. The molecule has 0 saturated carbocycles. The van der Waals surface area contributed by atoms with Gasteiger partial charge in [-0.05, 0) is 50.2 Å². The van der Waals surface area contributed by atoms with E-state index >= 15 is 0 Å². The molecule has 5 N–H and O–H groups in total. The van der Waals surface area contributed by atoms with Gasteiger partial charge in [-0.2, -0.15) is 15.1 Å². The van der Waals surface area contributed by atoms with Crippen LogP contribution >= 0.6 is 30.3 Å². The molecule has 0 bridgehead atoms. The van der Waals surface area contributed by atoms with E-state index in [0.29, 0.717) is 17.0 Å². The van der Waals surface area contributed by atoms with Crippen molar-refractivity contribution in [2.24, 2.45) is 0 Å². The van der Waals surface area contributed by atoms with E-state index in [-0.39, 0.29) is 38.1 Å². The average molecular weight is 842 g/mol. The topological polar surface area (TPSA) is 215 Å². The van der Waals surface area contributed by atoms with Crippen LogP contribution in [0.2, 0.25) is 0 Å². The van der Waals surface area contributed by atoms with E-state index in [0.717, 1.165) is 12.1 Å². The SMILES string of the molecule is COc1nc(N)nc2c1nc(I)n2[C@@H]1O[C@H](COP(=O)(NC(C)C(=O)OCc2ccc(F)cc2F)Oc2cccc3ncccc23)[C@@H](O)[C@@]1(C)O. The molecule has 16 nitrogen and oxygen atoms in total. The molecule has 0 radical (unpaired) electrons. The summed E-state index contributed by atoms with van der Waals surface area (Å²) in [6.45, 7) is 1.46. The average Bonchev–Trinajstić information content (AvgIpc) is 3.52. The molecule has 1 saturated heterocycles. The minimum atomic E-state index is -4.58. The van der Waals surface area contributed by atoms with Crippen LogP contribution in [0.25, 0.3) is 22.1 Å². The summed E-state index contributed by atoms with van der Waals surface area (Å²) in [6, 6.07) is 9.57. The lowest BCUT2D eigenvalue weighted by Crippen LogP contribution is -2.45. The number of nitrogens with zero attached hydrogens (tertiary/aromatic N) is 5. The number of nitrogens with one attached hydrogen (secondary N) is 1. The van der Waals surface area contributed by atoms with Gasteiger partial charge in [0.15, 0.2) is 21.2 Å². The largest absolute Gasteiger partial charge is 0.479 e. The minimum absolute atomic E-state index is 0.0776. The maximum atomic E-state index is 14.4. The number of hydrogen-bond donors (Lipinski definition) is 4. The second kappa shape index (κ2) is 14.5. The van der Waals surface area contributed by atoms with Crippen molar-refractivity contribution in [3.05, 3.63) is 75.8 Å². The number of ether oxygens (including phenoxy) is 3. The summed E-state index contributed by atoms with van der Waals surface area (Å²) in [5, 5.41) is 25.8. The summed E-state index contributed by atoms with van der Waals surface area (Å²) in [5.41, 5.74) is 4.68. The lowest BCUT2D eigenvalue weighted by atomic mass is 9.96. The molecular weight excluding hydrogens is 810 g/mol. The number of pyridine rings is 1.